The molecule has 1 aliphatic rings. The first kappa shape index (κ1) is 10.0. The molecule has 0 saturated carbocycles. The average molecular weight is 205 g/mol. The maximum Gasteiger partial charge on any atom is 0.217 e. The van der Waals surface area contributed by atoms with Gasteiger partial charge in [-0.25, -0.2) is 0 Å². The Morgan fingerprint density at radius 1 is 1.60 bits per heavy atom. The molecule has 0 radical (unpaired) electrons. The Labute approximate surface area is 89.2 Å². The Kier molecular flexibility index (Phi) is 2.62. The van der Waals surface area contributed by atoms with Crippen LogP contribution in [0.5, 0.6) is 5.75 Å². The highest BCUT2D eigenvalue weighted by molar-refractivity contribution is 5.74. The number of ether oxygens (including phenoxy) is 1. The van der Waals surface area contributed by atoms with Crippen molar-refractivity contribution < 1.29 is 9.53 Å². The van der Waals surface area contributed by atoms with E-state index in [0.717, 1.165) is 24.2 Å². The number of fused-ring (bicyclic) bond motifs is 1. The zero-order valence-electron chi connectivity index (χ0n) is 8.82. The summed E-state index contributed by atoms with van der Waals surface area (Å²) in [5.41, 5.74) is 7.51. The van der Waals surface area contributed by atoms with Gasteiger partial charge in [-0.15, -0.1) is 0 Å². The van der Waals surface area contributed by atoms with Gasteiger partial charge in [0.2, 0.25) is 5.91 Å². The monoisotopic (exact) mass is 205 g/mol. The zero-order valence-corrected chi connectivity index (χ0v) is 8.82. The van der Waals surface area contributed by atoms with E-state index in [1.807, 2.05) is 12.1 Å². The first-order valence-electron chi connectivity index (χ1n) is 5.22. The SMILES string of the molecule is CC1Cc2cc(CCC(N)=O)ccc2O1. The molecule has 2 N–H and O–H groups in total. The Hall–Kier alpha value is -1.51. The molecular weight excluding hydrogens is 190 g/mol. The molecule has 1 aliphatic heterocycles. The molecule has 0 bridgehead atoms. The molecule has 2 rings (SSSR count). The highest BCUT2D eigenvalue weighted by atomic mass is 16.5. The van der Waals surface area contributed by atoms with Crippen molar-refractivity contribution in [3.8, 4) is 5.75 Å². The van der Waals surface area contributed by atoms with E-state index >= 15 is 0 Å². The Morgan fingerprint density at radius 3 is 3.13 bits per heavy atom. The molecular formula is C12H15NO2. The highest BCUT2D eigenvalue weighted by Crippen LogP contribution is 2.29. The van der Waals surface area contributed by atoms with Crippen LogP contribution in [-0.4, -0.2) is 12.0 Å². The van der Waals surface area contributed by atoms with Gasteiger partial charge >= 0.3 is 0 Å². The van der Waals surface area contributed by atoms with Crippen LogP contribution in [0.3, 0.4) is 0 Å². The molecule has 1 aromatic rings. The standard InChI is InChI=1S/C12H15NO2/c1-8-6-10-7-9(3-5-12(13)14)2-4-11(10)15-8/h2,4,7-8H,3,5-6H2,1H3,(H2,13,14). The Balaban J connectivity index is 2.09. The number of rotatable bonds is 3. The number of benzene rings is 1. The highest BCUT2D eigenvalue weighted by Gasteiger charge is 2.18. The van der Waals surface area contributed by atoms with Gasteiger partial charge in [0.05, 0.1) is 0 Å². The minimum Gasteiger partial charge on any atom is -0.490 e. The number of nitrogens with two attached hydrogens (primary N) is 1. The third kappa shape index (κ3) is 2.29. The lowest BCUT2D eigenvalue weighted by molar-refractivity contribution is -0.117. The summed E-state index contributed by atoms with van der Waals surface area (Å²) in [6.45, 7) is 2.06. The van der Waals surface area contributed by atoms with Crippen molar-refractivity contribution in [1.29, 1.82) is 0 Å². The van der Waals surface area contributed by atoms with Crippen molar-refractivity contribution in [2.45, 2.75) is 32.3 Å². The van der Waals surface area contributed by atoms with Crippen molar-refractivity contribution in [3.05, 3.63) is 29.3 Å². The fourth-order valence-electron chi connectivity index (χ4n) is 1.90. The van der Waals surface area contributed by atoms with Crippen LogP contribution in [-0.2, 0) is 17.6 Å². The molecule has 0 aliphatic carbocycles. The lowest BCUT2D eigenvalue weighted by atomic mass is 10.0. The molecule has 1 unspecified atom stereocenters. The molecule has 1 aromatic carbocycles. The van der Waals surface area contributed by atoms with E-state index < -0.39 is 0 Å². The van der Waals surface area contributed by atoms with Gasteiger partial charge in [-0.05, 0) is 30.5 Å². The maximum absolute atomic E-state index is 10.7. The minimum atomic E-state index is -0.250. The summed E-state index contributed by atoms with van der Waals surface area (Å²) in [5.74, 6) is 0.727. The second-order valence-corrected chi connectivity index (χ2v) is 4.04. The molecule has 1 heterocycles. The third-order valence-corrected chi connectivity index (χ3v) is 2.62. The number of carbonyl (C=O) groups excluding carboxylic acids is 1. The minimum absolute atomic E-state index is 0.250. The van der Waals surface area contributed by atoms with Crippen molar-refractivity contribution in [2.24, 2.45) is 5.73 Å². The third-order valence-electron chi connectivity index (χ3n) is 2.62. The normalized spacial score (nSPS) is 18.3. The van der Waals surface area contributed by atoms with Gasteiger partial charge in [0.1, 0.15) is 11.9 Å². The fourth-order valence-corrected chi connectivity index (χ4v) is 1.90. The van der Waals surface area contributed by atoms with E-state index in [0.29, 0.717) is 6.42 Å². The van der Waals surface area contributed by atoms with E-state index in [4.69, 9.17) is 10.5 Å². The predicted octanol–water partition coefficient (Wildman–Crippen LogP) is 1.43. The summed E-state index contributed by atoms with van der Waals surface area (Å²) < 4.78 is 5.60. The number of hydrogen-bond donors (Lipinski definition) is 1. The number of hydrogen-bond acceptors (Lipinski definition) is 2. The van der Waals surface area contributed by atoms with Crippen LogP contribution < -0.4 is 10.5 Å². The Morgan fingerprint density at radius 2 is 2.40 bits per heavy atom. The lowest BCUT2D eigenvalue weighted by Crippen LogP contribution is -2.11. The van der Waals surface area contributed by atoms with E-state index in [2.05, 4.69) is 13.0 Å². The van der Waals surface area contributed by atoms with Crippen LogP contribution in [0.25, 0.3) is 0 Å². The molecule has 15 heavy (non-hydrogen) atoms. The molecule has 1 amide bonds. The molecule has 0 fully saturated rings. The van der Waals surface area contributed by atoms with Crippen molar-refractivity contribution >= 4 is 5.91 Å². The van der Waals surface area contributed by atoms with Crippen LogP contribution in [0.4, 0.5) is 0 Å². The lowest BCUT2D eigenvalue weighted by Gasteiger charge is -2.03. The summed E-state index contributed by atoms with van der Waals surface area (Å²) in [6, 6.07) is 6.09. The number of amides is 1. The van der Waals surface area contributed by atoms with Gasteiger partial charge in [-0.1, -0.05) is 12.1 Å². The summed E-state index contributed by atoms with van der Waals surface area (Å²) in [4.78, 5) is 10.7. The summed E-state index contributed by atoms with van der Waals surface area (Å²) >= 11 is 0. The van der Waals surface area contributed by atoms with E-state index in [9.17, 15) is 4.79 Å². The van der Waals surface area contributed by atoms with Gasteiger partial charge in [0.15, 0.2) is 0 Å². The molecule has 0 spiro atoms. The van der Waals surface area contributed by atoms with Gasteiger partial charge < -0.3 is 10.5 Å². The second kappa shape index (κ2) is 3.93. The average Bonchev–Trinajstić information content (AvgIpc) is 2.53. The number of carbonyl (C=O) groups is 1. The van der Waals surface area contributed by atoms with E-state index in [-0.39, 0.29) is 12.0 Å². The van der Waals surface area contributed by atoms with Crippen LogP contribution in [0.1, 0.15) is 24.5 Å². The summed E-state index contributed by atoms with van der Waals surface area (Å²) in [6.07, 6.45) is 2.36. The van der Waals surface area contributed by atoms with Crippen molar-refractivity contribution in [2.75, 3.05) is 0 Å². The summed E-state index contributed by atoms with van der Waals surface area (Å²) in [5, 5.41) is 0. The Bertz CT molecular complexity index is 387. The predicted molar refractivity (Wildman–Crippen MR) is 57.8 cm³/mol. The number of primary amides is 1. The second-order valence-electron chi connectivity index (χ2n) is 4.04. The quantitative estimate of drug-likeness (QED) is 0.811. The van der Waals surface area contributed by atoms with Crippen molar-refractivity contribution in [1.82, 2.24) is 0 Å². The molecule has 0 aromatic heterocycles. The molecule has 1 atom stereocenters. The molecule has 0 saturated heterocycles. The first-order valence-corrected chi connectivity index (χ1v) is 5.22. The molecule has 80 valence electrons. The maximum atomic E-state index is 10.7. The molecule has 3 heteroatoms. The van der Waals surface area contributed by atoms with Crippen LogP contribution in [0.2, 0.25) is 0 Å². The van der Waals surface area contributed by atoms with Gasteiger partial charge in [-0.3, -0.25) is 4.79 Å². The van der Waals surface area contributed by atoms with Gasteiger partial charge in [-0.2, -0.15) is 0 Å². The van der Waals surface area contributed by atoms with Gasteiger partial charge in [0, 0.05) is 12.8 Å². The summed E-state index contributed by atoms with van der Waals surface area (Å²) in [7, 11) is 0. The van der Waals surface area contributed by atoms with Crippen LogP contribution in [0.15, 0.2) is 18.2 Å². The van der Waals surface area contributed by atoms with E-state index in [1.165, 1.54) is 5.56 Å². The van der Waals surface area contributed by atoms with Crippen molar-refractivity contribution in [3.63, 3.8) is 0 Å². The topological polar surface area (TPSA) is 52.3 Å². The largest absolute Gasteiger partial charge is 0.490 e. The first-order chi connectivity index (χ1) is 7.15. The smallest absolute Gasteiger partial charge is 0.217 e. The van der Waals surface area contributed by atoms with Crippen LogP contribution >= 0.6 is 0 Å². The van der Waals surface area contributed by atoms with E-state index in [1.54, 1.807) is 0 Å². The zero-order chi connectivity index (χ0) is 10.8. The number of aryl methyl sites for hydroxylation is 1. The molecule has 3 nitrogen and oxygen atoms in total. The van der Waals surface area contributed by atoms with Crippen LogP contribution in [0, 0.1) is 0 Å². The fraction of sp³-hybridized carbons (Fsp3) is 0.417. The van der Waals surface area contributed by atoms with Gasteiger partial charge in [0.25, 0.3) is 0 Å².